The molecular weight excluding hydrogens is 298 g/mol. The number of carbonyl (C=O) groups excluding carboxylic acids is 1. The minimum absolute atomic E-state index is 0.0646. The van der Waals surface area contributed by atoms with E-state index in [1.54, 1.807) is 6.20 Å². The van der Waals surface area contributed by atoms with Crippen LogP contribution >= 0.6 is 0 Å². The summed E-state index contributed by atoms with van der Waals surface area (Å²) in [5.74, 6) is 0.701. The second-order valence-corrected chi connectivity index (χ2v) is 6.60. The maximum absolute atomic E-state index is 13.2. The third kappa shape index (κ3) is 3.99. The minimum Gasteiger partial charge on any atom is -0.334 e. The fourth-order valence-corrected chi connectivity index (χ4v) is 3.15. The van der Waals surface area contributed by atoms with Crippen LogP contribution in [0.4, 0.5) is 0 Å². The van der Waals surface area contributed by atoms with Gasteiger partial charge in [0.1, 0.15) is 6.33 Å². The SMILES string of the molecule is CCCc1ncncc1C(=O)N(Cc1ccccc1)CC1CCC1. The fraction of sp³-hybridized carbons (Fsp3) is 0.450. The maximum Gasteiger partial charge on any atom is 0.257 e. The van der Waals surface area contributed by atoms with Crippen LogP contribution < -0.4 is 0 Å². The van der Waals surface area contributed by atoms with E-state index in [2.05, 4.69) is 29.0 Å². The molecule has 4 heteroatoms. The first-order valence-corrected chi connectivity index (χ1v) is 8.90. The second kappa shape index (κ2) is 8.04. The molecule has 0 saturated heterocycles. The average Bonchev–Trinajstić information content (AvgIpc) is 2.58. The molecule has 0 atom stereocenters. The summed E-state index contributed by atoms with van der Waals surface area (Å²) < 4.78 is 0. The Kier molecular flexibility index (Phi) is 5.57. The molecule has 1 saturated carbocycles. The molecule has 0 aliphatic heterocycles. The van der Waals surface area contributed by atoms with Gasteiger partial charge in [-0.25, -0.2) is 9.97 Å². The highest BCUT2D eigenvalue weighted by molar-refractivity contribution is 5.95. The molecule has 0 spiro atoms. The Morgan fingerprint density at radius 1 is 1.25 bits per heavy atom. The van der Waals surface area contributed by atoms with Crippen LogP contribution in [0.15, 0.2) is 42.9 Å². The molecule has 1 aliphatic carbocycles. The number of benzene rings is 1. The van der Waals surface area contributed by atoms with Gasteiger partial charge in [-0.05, 0) is 30.7 Å². The summed E-state index contributed by atoms with van der Waals surface area (Å²) in [7, 11) is 0. The lowest BCUT2D eigenvalue weighted by Crippen LogP contribution is -2.37. The maximum atomic E-state index is 13.2. The van der Waals surface area contributed by atoms with Gasteiger partial charge in [-0.1, -0.05) is 50.1 Å². The van der Waals surface area contributed by atoms with Crippen LogP contribution in [0.2, 0.25) is 0 Å². The van der Waals surface area contributed by atoms with Gasteiger partial charge in [0.05, 0.1) is 11.3 Å². The van der Waals surface area contributed by atoms with Gasteiger partial charge in [-0.15, -0.1) is 0 Å². The monoisotopic (exact) mass is 323 g/mol. The number of aryl methyl sites for hydroxylation is 1. The summed E-state index contributed by atoms with van der Waals surface area (Å²) in [4.78, 5) is 23.6. The van der Waals surface area contributed by atoms with Crippen molar-refractivity contribution in [3.8, 4) is 0 Å². The zero-order chi connectivity index (χ0) is 16.8. The lowest BCUT2D eigenvalue weighted by Gasteiger charge is -2.32. The van der Waals surface area contributed by atoms with Crippen LogP contribution in [0.1, 0.15) is 54.2 Å². The van der Waals surface area contributed by atoms with Crippen molar-refractivity contribution in [3.63, 3.8) is 0 Å². The topological polar surface area (TPSA) is 46.1 Å². The summed E-state index contributed by atoms with van der Waals surface area (Å²) in [5.41, 5.74) is 2.69. The molecule has 0 unspecified atom stereocenters. The number of amides is 1. The van der Waals surface area contributed by atoms with Gasteiger partial charge in [0.2, 0.25) is 0 Å². The first-order valence-electron chi connectivity index (χ1n) is 8.90. The molecule has 0 radical (unpaired) electrons. The predicted octanol–water partition coefficient (Wildman–Crippen LogP) is 3.87. The van der Waals surface area contributed by atoms with E-state index in [0.717, 1.165) is 25.1 Å². The number of rotatable bonds is 7. The Morgan fingerprint density at radius 3 is 2.71 bits per heavy atom. The van der Waals surface area contributed by atoms with Crippen molar-refractivity contribution in [2.24, 2.45) is 5.92 Å². The molecule has 1 fully saturated rings. The first-order chi connectivity index (χ1) is 11.8. The summed E-state index contributed by atoms with van der Waals surface area (Å²) in [5, 5.41) is 0. The Labute approximate surface area is 143 Å². The molecule has 126 valence electrons. The Hall–Kier alpha value is -2.23. The van der Waals surface area contributed by atoms with Gasteiger partial charge >= 0.3 is 0 Å². The smallest absolute Gasteiger partial charge is 0.257 e. The number of hydrogen-bond acceptors (Lipinski definition) is 3. The zero-order valence-electron chi connectivity index (χ0n) is 14.3. The Bertz CT molecular complexity index is 668. The molecule has 0 N–H and O–H groups in total. The molecule has 1 aromatic heterocycles. The van der Waals surface area contributed by atoms with Crippen LogP contribution in [-0.4, -0.2) is 27.3 Å². The van der Waals surface area contributed by atoms with E-state index in [1.165, 1.54) is 31.2 Å². The van der Waals surface area contributed by atoms with Gasteiger partial charge in [0, 0.05) is 19.3 Å². The van der Waals surface area contributed by atoms with Crippen LogP contribution in [0.3, 0.4) is 0 Å². The fourth-order valence-electron chi connectivity index (χ4n) is 3.15. The molecule has 24 heavy (non-hydrogen) atoms. The second-order valence-electron chi connectivity index (χ2n) is 6.60. The third-order valence-electron chi connectivity index (χ3n) is 4.72. The van der Waals surface area contributed by atoms with E-state index in [0.29, 0.717) is 18.0 Å². The summed E-state index contributed by atoms with van der Waals surface area (Å²) >= 11 is 0. The van der Waals surface area contributed by atoms with Gasteiger partial charge in [-0.2, -0.15) is 0 Å². The van der Waals surface area contributed by atoms with Crippen LogP contribution in [0.5, 0.6) is 0 Å². The first kappa shape index (κ1) is 16.6. The summed E-state index contributed by atoms with van der Waals surface area (Å²) in [6, 6.07) is 10.2. The van der Waals surface area contributed by atoms with Crippen molar-refractivity contribution in [1.82, 2.24) is 14.9 Å². The van der Waals surface area contributed by atoms with Crippen molar-refractivity contribution in [2.45, 2.75) is 45.6 Å². The van der Waals surface area contributed by atoms with Gasteiger partial charge in [0.25, 0.3) is 5.91 Å². The highest BCUT2D eigenvalue weighted by Crippen LogP contribution is 2.28. The quantitative estimate of drug-likeness (QED) is 0.777. The van der Waals surface area contributed by atoms with E-state index in [1.807, 2.05) is 23.1 Å². The van der Waals surface area contributed by atoms with Crippen molar-refractivity contribution in [3.05, 3.63) is 59.7 Å². The normalized spacial score (nSPS) is 14.2. The molecule has 1 heterocycles. The van der Waals surface area contributed by atoms with Crippen molar-refractivity contribution < 1.29 is 4.79 Å². The molecule has 3 rings (SSSR count). The summed E-state index contributed by atoms with van der Waals surface area (Å²) in [6.45, 7) is 3.58. The van der Waals surface area contributed by atoms with Crippen molar-refractivity contribution in [2.75, 3.05) is 6.54 Å². The molecule has 1 aliphatic rings. The third-order valence-corrected chi connectivity index (χ3v) is 4.72. The van der Waals surface area contributed by atoms with Gasteiger partial charge in [-0.3, -0.25) is 4.79 Å². The van der Waals surface area contributed by atoms with Crippen molar-refractivity contribution >= 4 is 5.91 Å². The molecule has 4 nitrogen and oxygen atoms in total. The number of aromatic nitrogens is 2. The number of hydrogen-bond donors (Lipinski definition) is 0. The number of nitrogens with zero attached hydrogens (tertiary/aromatic N) is 3. The van der Waals surface area contributed by atoms with Crippen LogP contribution in [-0.2, 0) is 13.0 Å². The molecule has 0 bridgehead atoms. The van der Waals surface area contributed by atoms with E-state index in [4.69, 9.17) is 0 Å². The highest BCUT2D eigenvalue weighted by atomic mass is 16.2. The van der Waals surface area contributed by atoms with Crippen LogP contribution in [0.25, 0.3) is 0 Å². The van der Waals surface area contributed by atoms with Gasteiger partial charge in [0.15, 0.2) is 0 Å². The molecule has 2 aromatic rings. The zero-order valence-corrected chi connectivity index (χ0v) is 14.3. The molecule has 1 amide bonds. The Balaban J connectivity index is 1.82. The van der Waals surface area contributed by atoms with Crippen molar-refractivity contribution in [1.29, 1.82) is 0 Å². The molecular formula is C20H25N3O. The van der Waals surface area contributed by atoms with Crippen LogP contribution in [0, 0.1) is 5.92 Å². The van der Waals surface area contributed by atoms with E-state index >= 15 is 0 Å². The standard InChI is InChI=1S/C20H25N3O/c1-2-7-19-18(12-21-15-22-19)20(24)23(14-17-10-6-11-17)13-16-8-4-3-5-9-16/h3-5,8-9,12,15,17H,2,6-7,10-11,13-14H2,1H3. The number of carbonyl (C=O) groups is 1. The minimum atomic E-state index is 0.0646. The van der Waals surface area contributed by atoms with E-state index in [-0.39, 0.29) is 5.91 Å². The largest absolute Gasteiger partial charge is 0.334 e. The highest BCUT2D eigenvalue weighted by Gasteiger charge is 2.26. The Morgan fingerprint density at radius 2 is 2.04 bits per heavy atom. The predicted molar refractivity (Wildman–Crippen MR) is 94.6 cm³/mol. The van der Waals surface area contributed by atoms with E-state index < -0.39 is 0 Å². The lowest BCUT2D eigenvalue weighted by molar-refractivity contribution is 0.0677. The lowest BCUT2D eigenvalue weighted by atomic mass is 9.85. The summed E-state index contributed by atoms with van der Waals surface area (Å²) in [6.07, 6.45) is 8.74. The van der Waals surface area contributed by atoms with Gasteiger partial charge < -0.3 is 4.90 Å². The molecule has 1 aromatic carbocycles. The van der Waals surface area contributed by atoms with E-state index in [9.17, 15) is 4.79 Å². The average molecular weight is 323 g/mol.